The Labute approximate surface area is 159 Å². The number of rotatable bonds is 2. The zero-order chi connectivity index (χ0) is 18.6. The summed E-state index contributed by atoms with van der Waals surface area (Å²) in [5.41, 5.74) is 1.81. The SMILES string of the molecule is Cc1nc2c(n1Cc1ccccc1)C(=O)N(C)C1=NC3(CCCCC3)CN12. The summed E-state index contributed by atoms with van der Waals surface area (Å²) < 4.78 is 2.05. The standard InChI is InChI=1S/C21H25N5O/c1-15-22-18-17(25(15)13-16-9-5-3-6-10-16)19(27)24(2)20-23-21(14-26(18)20)11-7-4-8-12-21/h3,5-6,9-10H,4,7-8,11-14H2,1-2H3. The molecule has 1 fully saturated rings. The molecule has 0 N–H and O–H groups in total. The highest BCUT2D eigenvalue weighted by Crippen LogP contribution is 2.41. The van der Waals surface area contributed by atoms with E-state index in [9.17, 15) is 4.79 Å². The minimum Gasteiger partial charge on any atom is -0.318 e. The number of imidazole rings is 1. The second kappa shape index (κ2) is 5.94. The van der Waals surface area contributed by atoms with Crippen molar-refractivity contribution in [1.82, 2.24) is 14.5 Å². The molecule has 1 saturated carbocycles. The van der Waals surface area contributed by atoms with Gasteiger partial charge in [0.25, 0.3) is 5.91 Å². The molecule has 2 aliphatic heterocycles. The highest BCUT2D eigenvalue weighted by atomic mass is 16.2. The molecule has 1 aliphatic carbocycles. The molecule has 1 spiro atoms. The van der Waals surface area contributed by atoms with E-state index in [1.165, 1.54) is 24.8 Å². The Bertz CT molecular complexity index is 924. The Morgan fingerprint density at radius 3 is 2.59 bits per heavy atom. The van der Waals surface area contributed by atoms with Crippen molar-refractivity contribution in [3.8, 4) is 0 Å². The molecule has 3 heterocycles. The first kappa shape index (κ1) is 16.5. The van der Waals surface area contributed by atoms with E-state index in [0.717, 1.165) is 37.0 Å². The van der Waals surface area contributed by atoms with E-state index in [4.69, 9.17) is 9.98 Å². The second-order valence-corrected chi connectivity index (χ2v) is 8.05. The largest absolute Gasteiger partial charge is 0.318 e. The van der Waals surface area contributed by atoms with Crippen LogP contribution >= 0.6 is 0 Å². The van der Waals surface area contributed by atoms with Crippen LogP contribution in [-0.2, 0) is 6.54 Å². The Kier molecular flexibility index (Phi) is 3.64. The van der Waals surface area contributed by atoms with E-state index in [-0.39, 0.29) is 11.4 Å². The van der Waals surface area contributed by atoms with Crippen LogP contribution in [0.15, 0.2) is 35.3 Å². The lowest BCUT2D eigenvalue weighted by Crippen LogP contribution is -2.49. The molecular formula is C21H25N5O. The zero-order valence-corrected chi connectivity index (χ0v) is 16.0. The second-order valence-electron chi connectivity index (χ2n) is 8.05. The molecule has 27 heavy (non-hydrogen) atoms. The summed E-state index contributed by atoms with van der Waals surface area (Å²) in [5, 5.41) is 0. The Morgan fingerprint density at radius 2 is 1.85 bits per heavy atom. The van der Waals surface area contributed by atoms with Crippen LogP contribution in [0.2, 0.25) is 0 Å². The van der Waals surface area contributed by atoms with Gasteiger partial charge in [0.1, 0.15) is 5.82 Å². The predicted molar refractivity (Wildman–Crippen MR) is 105 cm³/mol. The first-order valence-electron chi connectivity index (χ1n) is 9.84. The van der Waals surface area contributed by atoms with Crippen LogP contribution in [0.5, 0.6) is 0 Å². The van der Waals surface area contributed by atoms with Crippen molar-refractivity contribution < 1.29 is 4.79 Å². The average molecular weight is 363 g/mol. The summed E-state index contributed by atoms with van der Waals surface area (Å²) in [6.07, 6.45) is 5.94. The van der Waals surface area contributed by atoms with Gasteiger partial charge in [-0.2, -0.15) is 0 Å². The molecule has 5 rings (SSSR count). The molecule has 6 heteroatoms. The van der Waals surface area contributed by atoms with E-state index in [0.29, 0.717) is 12.2 Å². The lowest BCUT2D eigenvalue weighted by Gasteiger charge is -2.33. The molecule has 140 valence electrons. The number of aryl methyl sites for hydroxylation is 1. The summed E-state index contributed by atoms with van der Waals surface area (Å²) in [5.74, 6) is 2.42. The summed E-state index contributed by atoms with van der Waals surface area (Å²) in [4.78, 5) is 27.0. The minimum absolute atomic E-state index is 0.00982. The number of amides is 1. The third-order valence-electron chi connectivity index (χ3n) is 6.20. The normalized spacial score (nSPS) is 20.7. The molecule has 0 unspecified atom stereocenters. The number of carbonyl (C=O) groups is 1. The van der Waals surface area contributed by atoms with Crippen molar-refractivity contribution >= 4 is 17.7 Å². The van der Waals surface area contributed by atoms with Gasteiger partial charge in [-0.3, -0.25) is 14.6 Å². The van der Waals surface area contributed by atoms with Crippen LogP contribution in [0, 0.1) is 6.92 Å². The highest BCUT2D eigenvalue weighted by Gasteiger charge is 2.48. The first-order chi connectivity index (χ1) is 13.1. The van der Waals surface area contributed by atoms with Crippen molar-refractivity contribution in [1.29, 1.82) is 0 Å². The van der Waals surface area contributed by atoms with Gasteiger partial charge in [0.2, 0.25) is 5.96 Å². The van der Waals surface area contributed by atoms with E-state index >= 15 is 0 Å². The van der Waals surface area contributed by atoms with Crippen LogP contribution in [0.25, 0.3) is 0 Å². The van der Waals surface area contributed by atoms with Crippen molar-refractivity contribution in [2.24, 2.45) is 4.99 Å². The number of guanidine groups is 1. The topological polar surface area (TPSA) is 53.7 Å². The zero-order valence-electron chi connectivity index (χ0n) is 16.0. The van der Waals surface area contributed by atoms with Crippen LogP contribution in [-0.4, -0.2) is 45.4 Å². The number of hydrogen-bond acceptors (Lipinski definition) is 4. The molecule has 0 radical (unpaired) electrons. The summed E-state index contributed by atoms with van der Waals surface area (Å²) in [6, 6.07) is 10.2. The molecule has 0 saturated heterocycles. The van der Waals surface area contributed by atoms with Crippen molar-refractivity contribution in [2.75, 3.05) is 18.5 Å². The number of benzene rings is 1. The Balaban J connectivity index is 1.57. The number of aliphatic imine (C=N–C) groups is 1. The lowest BCUT2D eigenvalue weighted by atomic mass is 9.82. The van der Waals surface area contributed by atoms with E-state index in [1.807, 2.05) is 36.7 Å². The van der Waals surface area contributed by atoms with Gasteiger partial charge < -0.3 is 4.57 Å². The molecular weight excluding hydrogens is 338 g/mol. The maximum absolute atomic E-state index is 13.2. The summed E-state index contributed by atoms with van der Waals surface area (Å²) in [7, 11) is 1.84. The van der Waals surface area contributed by atoms with Gasteiger partial charge in [-0.15, -0.1) is 0 Å². The Hall–Kier alpha value is -2.63. The van der Waals surface area contributed by atoms with E-state index in [1.54, 1.807) is 4.90 Å². The number of nitrogens with zero attached hydrogens (tertiary/aromatic N) is 5. The van der Waals surface area contributed by atoms with Gasteiger partial charge in [-0.25, -0.2) is 9.98 Å². The molecule has 0 atom stereocenters. The van der Waals surface area contributed by atoms with Gasteiger partial charge in [-0.05, 0) is 25.3 Å². The van der Waals surface area contributed by atoms with Crippen LogP contribution in [0.1, 0.15) is 54.0 Å². The highest BCUT2D eigenvalue weighted by molar-refractivity contribution is 6.18. The molecule has 6 nitrogen and oxygen atoms in total. The van der Waals surface area contributed by atoms with Gasteiger partial charge in [0.05, 0.1) is 12.1 Å². The van der Waals surface area contributed by atoms with E-state index < -0.39 is 0 Å². The number of carbonyl (C=O) groups excluding carboxylic acids is 1. The van der Waals surface area contributed by atoms with Gasteiger partial charge in [0, 0.05) is 13.6 Å². The maximum Gasteiger partial charge on any atom is 0.280 e. The first-order valence-corrected chi connectivity index (χ1v) is 9.84. The monoisotopic (exact) mass is 363 g/mol. The molecule has 2 aromatic rings. The van der Waals surface area contributed by atoms with Gasteiger partial charge in [-0.1, -0.05) is 49.6 Å². The number of fused-ring (bicyclic) bond motifs is 3. The average Bonchev–Trinajstić information content (AvgIpc) is 3.20. The molecule has 0 bridgehead atoms. The van der Waals surface area contributed by atoms with Gasteiger partial charge in [0.15, 0.2) is 11.5 Å². The Morgan fingerprint density at radius 1 is 1.11 bits per heavy atom. The molecule has 1 aromatic heterocycles. The summed E-state index contributed by atoms with van der Waals surface area (Å²) in [6.45, 7) is 3.48. The smallest absolute Gasteiger partial charge is 0.280 e. The minimum atomic E-state index is -0.0408. The van der Waals surface area contributed by atoms with Crippen molar-refractivity contribution in [3.63, 3.8) is 0 Å². The third-order valence-corrected chi connectivity index (χ3v) is 6.20. The number of anilines is 1. The quantitative estimate of drug-likeness (QED) is 0.823. The van der Waals surface area contributed by atoms with Crippen LogP contribution in [0.4, 0.5) is 5.82 Å². The fourth-order valence-corrected chi connectivity index (χ4v) is 4.74. The van der Waals surface area contributed by atoms with Gasteiger partial charge >= 0.3 is 0 Å². The molecule has 3 aliphatic rings. The fraction of sp³-hybridized carbons (Fsp3) is 0.476. The molecule has 1 aromatic carbocycles. The van der Waals surface area contributed by atoms with Crippen molar-refractivity contribution in [3.05, 3.63) is 47.4 Å². The number of hydrogen-bond donors (Lipinski definition) is 0. The van der Waals surface area contributed by atoms with Crippen LogP contribution < -0.4 is 4.90 Å². The molecule has 1 amide bonds. The fourth-order valence-electron chi connectivity index (χ4n) is 4.74. The van der Waals surface area contributed by atoms with Crippen molar-refractivity contribution in [2.45, 2.75) is 51.1 Å². The lowest BCUT2D eigenvalue weighted by molar-refractivity contribution is 0.0855. The summed E-state index contributed by atoms with van der Waals surface area (Å²) >= 11 is 0. The maximum atomic E-state index is 13.2. The van der Waals surface area contributed by atoms with E-state index in [2.05, 4.69) is 17.0 Å². The third kappa shape index (κ3) is 2.50. The predicted octanol–water partition coefficient (Wildman–Crippen LogP) is 3.20. The number of aromatic nitrogens is 2. The van der Waals surface area contributed by atoms with Crippen LogP contribution in [0.3, 0.4) is 0 Å².